The molecule has 4 nitrogen and oxygen atoms in total. The highest BCUT2D eigenvalue weighted by Crippen LogP contribution is 2.35. The Bertz CT molecular complexity index is 569. The molecule has 2 N–H and O–H groups in total. The van der Waals surface area contributed by atoms with E-state index < -0.39 is 11.9 Å². The predicted octanol–water partition coefficient (Wildman–Crippen LogP) is 3.89. The zero-order valence-corrected chi connectivity index (χ0v) is 12.3. The minimum atomic E-state index is -0.562. The fourth-order valence-corrected chi connectivity index (χ4v) is 1.77. The van der Waals surface area contributed by atoms with E-state index in [-0.39, 0.29) is 29.1 Å². The predicted molar refractivity (Wildman–Crippen MR) is 78.0 cm³/mol. The number of nitrogens with two attached hydrogens (primary N) is 1. The van der Waals surface area contributed by atoms with Crippen molar-refractivity contribution in [3.63, 3.8) is 0 Å². The van der Waals surface area contributed by atoms with E-state index in [0.29, 0.717) is 12.0 Å². The molecule has 1 atom stereocenters. The van der Waals surface area contributed by atoms with Crippen molar-refractivity contribution in [2.24, 2.45) is 5.73 Å². The van der Waals surface area contributed by atoms with Crippen molar-refractivity contribution in [3.05, 3.63) is 47.1 Å². The van der Waals surface area contributed by atoms with Crippen LogP contribution in [0.5, 0.6) is 11.6 Å². The van der Waals surface area contributed by atoms with Crippen molar-refractivity contribution in [1.82, 2.24) is 9.97 Å². The average Bonchev–Trinajstić information content (AvgIpc) is 2.44. The highest BCUT2D eigenvalue weighted by molar-refractivity contribution is 6.32. The van der Waals surface area contributed by atoms with E-state index in [4.69, 9.17) is 22.1 Å². The lowest BCUT2D eigenvalue weighted by Crippen LogP contribution is -2.11. The molecule has 0 bridgehead atoms. The number of rotatable bonds is 4. The summed E-state index contributed by atoms with van der Waals surface area (Å²) in [6.45, 7) is 1.88. The van der Waals surface area contributed by atoms with E-state index in [1.165, 1.54) is 18.6 Å². The Hall–Kier alpha value is -1.43. The van der Waals surface area contributed by atoms with Crippen LogP contribution in [0.15, 0.2) is 30.7 Å². The van der Waals surface area contributed by atoms with Gasteiger partial charge in [-0.1, -0.05) is 24.6 Å². The molecule has 0 radical (unpaired) electrons. The van der Waals surface area contributed by atoms with Crippen LogP contribution >= 0.6 is 24.0 Å². The normalized spacial score (nSPS) is 11.6. The number of halogens is 3. The Kier molecular flexibility index (Phi) is 6.13. The summed E-state index contributed by atoms with van der Waals surface area (Å²) in [5.74, 6) is -0.471. The van der Waals surface area contributed by atoms with E-state index in [1.54, 1.807) is 12.1 Å². The first-order valence-corrected chi connectivity index (χ1v) is 6.18. The van der Waals surface area contributed by atoms with Crippen LogP contribution < -0.4 is 10.5 Å². The fraction of sp³-hybridized carbons (Fsp3) is 0.231. The van der Waals surface area contributed by atoms with Gasteiger partial charge in [0.2, 0.25) is 5.88 Å². The fourth-order valence-electron chi connectivity index (χ4n) is 1.59. The first-order chi connectivity index (χ1) is 9.13. The minimum absolute atomic E-state index is 0. The Labute approximate surface area is 127 Å². The van der Waals surface area contributed by atoms with Crippen molar-refractivity contribution in [1.29, 1.82) is 0 Å². The first-order valence-electron chi connectivity index (χ1n) is 5.80. The van der Waals surface area contributed by atoms with Gasteiger partial charge in [-0.15, -0.1) is 12.4 Å². The third-order valence-corrected chi connectivity index (χ3v) is 2.96. The number of benzene rings is 1. The molecule has 1 aromatic heterocycles. The highest BCUT2D eigenvalue weighted by Gasteiger charge is 2.18. The Morgan fingerprint density at radius 2 is 2.15 bits per heavy atom. The Balaban J connectivity index is 0.00000200. The molecule has 1 aromatic carbocycles. The topological polar surface area (TPSA) is 61.0 Å². The summed E-state index contributed by atoms with van der Waals surface area (Å²) in [7, 11) is 0. The van der Waals surface area contributed by atoms with Crippen LogP contribution in [0.2, 0.25) is 5.02 Å². The van der Waals surface area contributed by atoms with Crippen molar-refractivity contribution >= 4 is 24.0 Å². The maximum absolute atomic E-state index is 14.3. The number of hydrogen-bond donors (Lipinski definition) is 1. The van der Waals surface area contributed by atoms with Crippen LogP contribution in [0.3, 0.4) is 0 Å². The molecule has 0 aliphatic heterocycles. The highest BCUT2D eigenvalue weighted by atomic mass is 35.5. The van der Waals surface area contributed by atoms with Crippen molar-refractivity contribution in [2.45, 2.75) is 19.4 Å². The molecule has 0 amide bonds. The quantitative estimate of drug-likeness (QED) is 0.929. The summed E-state index contributed by atoms with van der Waals surface area (Å²) >= 11 is 5.95. The molecule has 0 aliphatic rings. The minimum Gasteiger partial charge on any atom is -0.433 e. The molecule has 108 valence electrons. The Morgan fingerprint density at radius 1 is 1.40 bits per heavy atom. The van der Waals surface area contributed by atoms with Gasteiger partial charge in [-0.25, -0.2) is 9.37 Å². The van der Waals surface area contributed by atoms with E-state index in [1.807, 2.05) is 6.92 Å². The molecule has 2 rings (SSSR count). The molecule has 1 heterocycles. The number of nitrogens with zero attached hydrogens (tertiary/aromatic N) is 2. The second-order valence-corrected chi connectivity index (χ2v) is 4.35. The monoisotopic (exact) mass is 317 g/mol. The van der Waals surface area contributed by atoms with Gasteiger partial charge in [0, 0.05) is 24.0 Å². The average molecular weight is 318 g/mol. The summed E-state index contributed by atoms with van der Waals surface area (Å²) in [5, 5.41) is 0.162. The zero-order chi connectivity index (χ0) is 13.8. The summed E-state index contributed by atoms with van der Waals surface area (Å²) in [6, 6.07) is 2.72. The van der Waals surface area contributed by atoms with Crippen LogP contribution in [-0.2, 0) is 0 Å². The summed E-state index contributed by atoms with van der Waals surface area (Å²) < 4.78 is 19.7. The van der Waals surface area contributed by atoms with Crippen molar-refractivity contribution < 1.29 is 9.13 Å². The van der Waals surface area contributed by atoms with Gasteiger partial charge in [0.25, 0.3) is 0 Å². The summed E-state index contributed by atoms with van der Waals surface area (Å²) in [4.78, 5) is 7.75. The van der Waals surface area contributed by atoms with E-state index in [0.717, 1.165) is 0 Å². The third-order valence-electron chi connectivity index (χ3n) is 2.66. The molecule has 7 heteroatoms. The summed E-state index contributed by atoms with van der Waals surface area (Å²) in [5.41, 5.74) is 6.21. The maximum Gasteiger partial charge on any atom is 0.238 e. The van der Waals surface area contributed by atoms with Crippen molar-refractivity contribution in [3.8, 4) is 11.6 Å². The zero-order valence-electron chi connectivity index (χ0n) is 10.7. The van der Waals surface area contributed by atoms with Crippen LogP contribution in [0, 0.1) is 5.82 Å². The van der Waals surface area contributed by atoms with Crippen LogP contribution in [0.4, 0.5) is 4.39 Å². The second-order valence-electron chi connectivity index (χ2n) is 3.94. The first kappa shape index (κ1) is 16.6. The molecular weight excluding hydrogens is 304 g/mol. The van der Waals surface area contributed by atoms with Gasteiger partial charge in [0.15, 0.2) is 11.6 Å². The molecule has 20 heavy (non-hydrogen) atoms. The Morgan fingerprint density at radius 3 is 2.75 bits per heavy atom. The molecule has 2 aromatic rings. The number of hydrogen-bond acceptors (Lipinski definition) is 4. The lowest BCUT2D eigenvalue weighted by Gasteiger charge is -2.14. The third kappa shape index (κ3) is 3.56. The van der Waals surface area contributed by atoms with Gasteiger partial charge in [-0.05, 0) is 12.5 Å². The molecule has 0 aliphatic carbocycles. The van der Waals surface area contributed by atoms with Gasteiger partial charge >= 0.3 is 0 Å². The second kappa shape index (κ2) is 7.38. The lowest BCUT2D eigenvalue weighted by atomic mass is 10.0. The van der Waals surface area contributed by atoms with E-state index >= 15 is 0 Å². The van der Waals surface area contributed by atoms with Crippen molar-refractivity contribution in [2.75, 3.05) is 0 Å². The maximum atomic E-state index is 14.3. The van der Waals surface area contributed by atoms with Gasteiger partial charge in [0.1, 0.15) is 0 Å². The van der Waals surface area contributed by atoms with Gasteiger partial charge in [0.05, 0.1) is 11.2 Å². The van der Waals surface area contributed by atoms with E-state index in [2.05, 4.69) is 9.97 Å². The SMILES string of the molecule is CC[C@@H](N)c1ccc(Cl)c(Oc2cnccn2)c1F.Cl. The molecule has 0 saturated heterocycles. The molecule has 0 fully saturated rings. The van der Waals surface area contributed by atoms with Crippen LogP contribution in [-0.4, -0.2) is 9.97 Å². The van der Waals surface area contributed by atoms with Gasteiger partial charge in [-0.2, -0.15) is 0 Å². The lowest BCUT2D eigenvalue weighted by molar-refractivity contribution is 0.419. The van der Waals surface area contributed by atoms with Crippen LogP contribution in [0.25, 0.3) is 0 Å². The molecule has 0 spiro atoms. The number of aromatic nitrogens is 2. The largest absolute Gasteiger partial charge is 0.433 e. The van der Waals surface area contributed by atoms with E-state index in [9.17, 15) is 4.39 Å². The molecule has 0 unspecified atom stereocenters. The van der Waals surface area contributed by atoms with Gasteiger partial charge in [-0.3, -0.25) is 4.98 Å². The van der Waals surface area contributed by atoms with Gasteiger partial charge < -0.3 is 10.5 Å². The molecular formula is C13H14Cl2FN3O. The summed E-state index contributed by atoms with van der Waals surface area (Å²) in [6.07, 6.45) is 4.93. The number of ether oxygens (including phenoxy) is 1. The van der Waals surface area contributed by atoms with Crippen LogP contribution in [0.1, 0.15) is 24.9 Å². The standard InChI is InChI=1S/C13H13ClFN3O.ClH/c1-2-10(16)8-3-4-9(14)13(12(8)15)19-11-7-17-5-6-18-11;/h3-7,10H,2,16H2,1H3;1H/t10-;/m1./s1. The smallest absolute Gasteiger partial charge is 0.238 e. The molecule has 0 saturated carbocycles.